The van der Waals surface area contributed by atoms with E-state index in [1.165, 1.54) is 22.5 Å². The normalized spacial score (nSPS) is 16.4. The number of hydrogen-bond acceptors (Lipinski definition) is 4. The SMILES string of the molecule is CS(=O)(=O)N1CSN=C1c1ccc(Br)cc1. The van der Waals surface area contributed by atoms with E-state index in [1.807, 2.05) is 24.3 Å². The largest absolute Gasteiger partial charge is 0.241 e. The molecular formula is C9H9BrN2O2S2. The molecule has 1 aromatic carbocycles. The molecule has 0 saturated carbocycles. The fraction of sp³-hybridized carbons (Fsp3) is 0.222. The van der Waals surface area contributed by atoms with Crippen molar-refractivity contribution in [3.63, 3.8) is 0 Å². The van der Waals surface area contributed by atoms with Crippen molar-refractivity contribution in [1.82, 2.24) is 4.31 Å². The minimum Gasteiger partial charge on any atom is -0.241 e. The average Bonchev–Trinajstić information content (AvgIpc) is 2.66. The molecule has 0 atom stereocenters. The number of hydrogen-bond donors (Lipinski definition) is 0. The molecule has 1 aliphatic heterocycles. The molecule has 1 aromatic rings. The molecule has 1 aliphatic rings. The van der Waals surface area contributed by atoms with E-state index in [0.717, 1.165) is 10.0 Å². The van der Waals surface area contributed by atoms with Crippen LogP contribution in [0.25, 0.3) is 0 Å². The van der Waals surface area contributed by atoms with Crippen molar-refractivity contribution in [2.24, 2.45) is 4.40 Å². The fourth-order valence-electron chi connectivity index (χ4n) is 1.30. The molecule has 86 valence electrons. The van der Waals surface area contributed by atoms with Gasteiger partial charge in [0.05, 0.1) is 6.26 Å². The summed E-state index contributed by atoms with van der Waals surface area (Å²) in [5, 5.41) is 0. The van der Waals surface area contributed by atoms with Gasteiger partial charge in [-0.1, -0.05) is 28.1 Å². The highest BCUT2D eigenvalue weighted by Crippen LogP contribution is 2.24. The number of benzene rings is 1. The smallest absolute Gasteiger partial charge is 0.234 e. The zero-order valence-electron chi connectivity index (χ0n) is 8.42. The van der Waals surface area contributed by atoms with Crippen molar-refractivity contribution in [1.29, 1.82) is 0 Å². The van der Waals surface area contributed by atoms with Gasteiger partial charge in [-0.05, 0) is 24.1 Å². The summed E-state index contributed by atoms with van der Waals surface area (Å²) in [6.45, 7) is 0. The molecule has 0 amide bonds. The Balaban J connectivity index is 2.38. The van der Waals surface area contributed by atoms with E-state index < -0.39 is 10.0 Å². The Kier molecular flexibility index (Phi) is 3.27. The highest BCUT2D eigenvalue weighted by molar-refractivity contribution is 9.10. The third-order valence-electron chi connectivity index (χ3n) is 2.06. The Bertz CT molecular complexity index is 525. The van der Waals surface area contributed by atoms with Gasteiger partial charge < -0.3 is 0 Å². The van der Waals surface area contributed by atoms with E-state index in [-0.39, 0.29) is 0 Å². The average molecular weight is 321 g/mol. The zero-order valence-corrected chi connectivity index (χ0v) is 11.6. The van der Waals surface area contributed by atoms with Crippen LogP contribution in [0.5, 0.6) is 0 Å². The number of nitrogens with zero attached hydrogens (tertiary/aromatic N) is 2. The Morgan fingerprint density at radius 3 is 2.56 bits per heavy atom. The summed E-state index contributed by atoms with van der Waals surface area (Å²) in [4.78, 5) is 0. The van der Waals surface area contributed by atoms with Crippen LogP contribution >= 0.6 is 27.9 Å². The third kappa shape index (κ3) is 2.41. The second-order valence-corrected chi connectivity index (χ2v) is 6.81. The second-order valence-electron chi connectivity index (χ2n) is 3.29. The van der Waals surface area contributed by atoms with Gasteiger partial charge in [0.25, 0.3) is 0 Å². The predicted molar refractivity (Wildman–Crippen MR) is 69.8 cm³/mol. The van der Waals surface area contributed by atoms with Gasteiger partial charge in [0.15, 0.2) is 5.84 Å². The van der Waals surface area contributed by atoms with Gasteiger partial charge >= 0.3 is 0 Å². The van der Waals surface area contributed by atoms with Gasteiger partial charge in [-0.15, -0.1) is 0 Å². The van der Waals surface area contributed by atoms with Crippen LogP contribution in [0.3, 0.4) is 0 Å². The lowest BCUT2D eigenvalue weighted by Gasteiger charge is -2.16. The molecule has 0 unspecified atom stereocenters. The topological polar surface area (TPSA) is 49.7 Å². The summed E-state index contributed by atoms with van der Waals surface area (Å²) in [5.74, 6) is 0.851. The van der Waals surface area contributed by atoms with Gasteiger partial charge in [-0.2, -0.15) is 4.40 Å². The zero-order chi connectivity index (χ0) is 11.8. The first kappa shape index (κ1) is 11.9. The van der Waals surface area contributed by atoms with E-state index in [2.05, 4.69) is 20.3 Å². The lowest BCUT2D eigenvalue weighted by atomic mass is 10.2. The van der Waals surface area contributed by atoms with Crippen LogP contribution in [-0.4, -0.2) is 30.7 Å². The molecule has 0 aromatic heterocycles. The second kappa shape index (κ2) is 4.38. The van der Waals surface area contributed by atoms with Crippen LogP contribution in [0, 0.1) is 0 Å². The molecule has 16 heavy (non-hydrogen) atoms. The van der Waals surface area contributed by atoms with Gasteiger partial charge in [0, 0.05) is 10.0 Å². The summed E-state index contributed by atoms with van der Waals surface area (Å²) in [6.07, 6.45) is 1.19. The van der Waals surface area contributed by atoms with Crippen LogP contribution in [0.2, 0.25) is 0 Å². The maximum absolute atomic E-state index is 11.5. The Morgan fingerprint density at radius 1 is 1.38 bits per heavy atom. The molecule has 7 heteroatoms. The first-order valence-corrected chi connectivity index (χ1v) is 8.00. The fourth-order valence-corrected chi connectivity index (χ4v) is 3.59. The number of halogens is 1. The Labute approximate surface area is 107 Å². The molecule has 0 fully saturated rings. The van der Waals surface area contributed by atoms with E-state index in [0.29, 0.717) is 11.7 Å². The number of rotatable bonds is 2. The molecule has 1 heterocycles. The Morgan fingerprint density at radius 2 is 2.00 bits per heavy atom. The van der Waals surface area contributed by atoms with Crippen LogP contribution in [0.4, 0.5) is 0 Å². The van der Waals surface area contributed by atoms with Crippen molar-refractivity contribution in [3.8, 4) is 0 Å². The van der Waals surface area contributed by atoms with E-state index in [1.54, 1.807) is 0 Å². The first-order chi connectivity index (χ1) is 7.48. The van der Waals surface area contributed by atoms with Crippen molar-refractivity contribution in [2.75, 3.05) is 12.1 Å². The summed E-state index contributed by atoms with van der Waals surface area (Å²) >= 11 is 4.57. The lowest BCUT2D eigenvalue weighted by molar-refractivity contribution is 0.557. The van der Waals surface area contributed by atoms with Crippen LogP contribution in [0.15, 0.2) is 33.1 Å². The molecule has 0 spiro atoms. The molecule has 0 radical (unpaired) electrons. The molecule has 4 nitrogen and oxygen atoms in total. The van der Waals surface area contributed by atoms with Gasteiger partial charge in [0.2, 0.25) is 10.0 Å². The highest BCUT2D eigenvalue weighted by Gasteiger charge is 2.26. The van der Waals surface area contributed by atoms with E-state index in [4.69, 9.17) is 0 Å². The van der Waals surface area contributed by atoms with E-state index in [9.17, 15) is 8.42 Å². The molecular weight excluding hydrogens is 312 g/mol. The Hall–Kier alpha value is -0.530. The van der Waals surface area contributed by atoms with Crippen molar-refractivity contribution >= 4 is 43.7 Å². The van der Waals surface area contributed by atoms with Gasteiger partial charge in [-0.3, -0.25) is 0 Å². The minimum atomic E-state index is -3.24. The lowest BCUT2D eigenvalue weighted by Crippen LogP contribution is -2.33. The van der Waals surface area contributed by atoms with Crippen LogP contribution < -0.4 is 0 Å². The van der Waals surface area contributed by atoms with Gasteiger partial charge in [0.1, 0.15) is 5.88 Å². The number of amidine groups is 1. The molecule has 0 bridgehead atoms. The predicted octanol–water partition coefficient (Wildman–Crippen LogP) is 2.08. The van der Waals surface area contributed by atoms with Crippen LogP contribution in [0.1, 0.15) is 5.56 Å². The molecule has 0 aliphatic carbocycles. The van der Waals surface area contributed by atoms with Crippen molar-refractivity contribution in [2.45, 2.75) is 0 Å². The summed E-state index contributed by atoms with van der Waals surface area (Å²) in [5.41, 5.74) is 0.804. The summed E-state index contributed by atoms with van der Waals surface area (Å²) in [7, 11) is -3.24. The quantitative estimate of drug-likeness (QED) is 0.784. The summed E-state index contributed by atoms with van der Waals surface area (Å²) < 4.78 is 29.4. The molecule has 2 rings (SSSR count). The molecule has 0 N–H and O–H groups in total. The first-order valence-electron chi connectivity index (χ1n) is 4.42. The highest BCUT2D eigenvalue weighted by atomic mass is 79.9. The van der Waals surface area contributed by atoms with Crippen LogP contribution in [-0.2, 0) is 10.0 Å². The summed E-state index contributed by atoms with van der Waals surface area (Å²) in [6, 6.07) is 7.41. The minimum absolute atomic E-state index is 0.351. The van der Waals surface area contributed by atoms with Crippen molar-refractivity contribution < 1.29 is 8.42 Å². The van der Waals surface area contributed by atoms with Gasteiger partial charge in [-0.25, -0.2) is 12.7 Å². The monoisotopic (exact) mass is 320 g/mol. The van der Waals surface area contributed by atoms with E-state index >= 15 is 0 Å². The maximum Gasteiger partial charge on any atom is 0.234 e. The maximum atomic E-state index is 11.5. The standard InChI is InChI=1S/C9H9BrN2O2S2/c1-16(13,14)12-6-15-11-9(12)7-2-4-8(10)5-3-7/h2-5H,6H2,1H3. The third-order valence-corrected chi connectivity index (χ3v) is 4.54. The number of sulfonamides is 1. The molecule has 0 saturated heterocycles. The van der Waals surface area contributed by atoms with Crippen molar-refractivity contribution in [3.05, 3.63) is 34.3 Å².